The van der Waals surface area contributed by atoms with Crippen LogP contribution in [0.5, 0.6) is 0 Å². The van der Waals surface area contributed by atoms with Crippen LogP contribution in [0.15, 0.2) is 30.5 Å². The second kappa shape index (κ2) is 5.06. The Morgan fingerprint density at radius 2 is 2.09 bits per heavy atom. The van der Waals surface area contributed by atoms with E-state index >= 15 is 0 Å². The van der Waals surface area contributed by atoms with Crippen LogP contribution in [0, 0.1) is 5.82 Å². The van der Waals surface area contributed by atoms with Crippen molar-refractivity contribution in [3.63, 3.8) is 0 Å². The minimum absolute atomic E-state index is 0.00564. The van der Waals surface area contributed by atoms with Gasteiger partial charge in [0.05, 0.1) is 18.4 Å². The predicted molar refractivity (Wildman–Crippen MR) is 81.5 cm³/mol. The number of aromatic nitrogens is 3. The van der Waals surface area contributed by atoms with Crippen molar-refractivity contribution in [1.82, 2.24) is 19.9 Å². The molecule has 0 radical (unpaired) electrons. The molecule has 0 saturated carbocycles. The first kappa shape index (κ1) is 13.2. The molecule has 1 aromatic carbocycles. The summed E-state index contributed by atoms with van der Waals surface area (Å²) in [6.45, 7) is 1.69. The van der Waals surface area contributed by atoms with Crippen molar-refractivity contribution in [3.05, 3.63) is 36.3 Å². The Bertz CT molecular complexity index is 809. The highest BCUT2D eigenvalue weighted by molar-refractivity contribution is 7.20. The van der Waals surface area contributed by atoms with Crippen molar-refractivity contribution in [3.8, 4) is 11.3 Å². The molecule has 3 aromatic rings. The fourth-order valence-electron chi connectivity index (χ4n) is 2.38. The fourth-order valence-corrected chi connectivity index (χ4v) is 3.29. The van der Waals surface area contributed by atoms with E-state index in [0.717, 1.165) is 27.9 Å². The van der Waals surface area contributed by atoms with Gasteiger partial charge in [0, 0.05) is 18.7 Å². The number of hydrogen-bond donors (Lipinski definition) is 1. The summed E-state index contributed by atoms with van der Waals surface area (Å²) in [5.74, 6) is -0.264. The van der Waals surface area contributed by atoms with Gasteiger partial charge in [-0.25, -0.2) is 13.9 Å². The molecule has 112 valence electrons. The lowest BCUT2D eigenvalue weighted by Crippen LogP contribution is -2.47. The molecular weight excluding hydrogens is 305 g/mol. The highest BCUT2D eigenvalue weighted by atomic mass is 32.1. The molecule has 0 spiro atoms. The number of nitrogens with zero attached hydrogens (tertiary/aromatic N) is 4. The van der Waals surface area contributed by atoms with E-state index in [0.29, 0.717) is 13.1 Å². The number of benzene rings is 1. The van der Waals surface area contributed by atoms with Crippen molar-refractivity contribution in [1.29, 1.82) is 0 Å². The van der Waals surface area contributed by atoms with Gasteiger partial charge in [0.15, 0.2) is 0 Å². The summed E-state index contributed by atoms with van der Waals surface area (Å²) in [5.41, 5.74) is 1.60. The average Bonchev–Trinajstić information content (AvgIpc) is 3.06. The summed E-state index contributed by atoms with van der Waals surface area (Å²) in [7, 11) is 0. The van der Waals surface area contributed by atoms with Gasteiger partial charge in [-0.15, -0.1) is 5.10 Å². The van der Waals surface area contributed by atoms with Crippen molar-refractivity contribution in [2.45, 2.75) is 0 Å². The van der Waals surface area contributed by atoms with Gasteiger partial charge in [-0.3, -0.25) is 4.79 Å². The normalized spacial score (nSPS) is 15.3. The zero-order chi connectivity index (χ0) is 15.1. The number of rotatable bonds is 2. The fraction of sp³-hybridized carbons (Fsp3) is 0.214. The Balaban J connectivity index is 1.64. The van der Waals surface area contributed by atoms with Crippen LogP contribution in [0.2, 0.25) is 0 Å². The lowest BCUT2D eigenvalue weighted by molar-refractivity contribution is -0.120. The van der Waals surface area contributed by atoms with Crippen molar-refractivity contribution >= 4 is 27.3 Å². The lowest BCUT2D eigenvalue weighted by atomic mass is 10.2. The molecule has 1 aliphatic heterocycles. The molecule has 0 unspecified atom stereocenters. The minimum atomic E-state index is -0.270. The zero-order valence-corrected chi connectivity index (χ0v) is 12.3. The highest BCUT2D eigenvalue weighted by Crippen LogP contribution is 2.27. The molecule has 6 nitrogen and oxygen atoms in total. The molecule has 8 heteroatoms. The zero-order valence-electron chi connectivity index (χ0n) is 11.5. The van der Waals surface area contributed by atoms with E-state index in [2.05, 4.69) is 15.4 Å². The number of carbonyl (C=O) groups excluding carboxylic acids is 1. The van der Waals surface area contributed by atoms with Gasteiger partial charge in [0.1, 0.15) is 5.82 Å². The third kappa shape index (κ3) is 2.31. The van der Waals surface area contributed by atoms with Crippen LogP contribution in [-0.2, 0) is 4.79 Å². The van der Waals surface area contributed by atoms with Crippen LogP contribution in [-0.4, -0.2) is 40.1 Å². The van der Waals surface area contributed by atoms with Gasteiger partial charge in [-0.2, -0.15) is 0 Å². The molecule has 22 heavy (non-hydrogen) atoms. The van der Waals surface area contributed by atoms with E-state index in [1.165, 1.54) is 23.5 Å². The molecule has 1 aliphatic rings. The third-order valence-corrected chi connectivity index (χ3v) is 4.46. The summed E-state index contributed by atoms with van der Waals surface area (Å²) >= 11 is 1.44. The molecule has 1 N–H and O–H groups in total. The molecule has 1 fully saturated rings. The Morgan fingerprint density at radius 1 is 1.27 bits per heavy atom. The number of amides is 1. The second-order valence-corrected chi connectivity index (χ2v) is 5.95. The maximum Gasteiger partial charge on any atom is 0.239 e. The Labute approximate surface area is 129 Å². The summed E-state index contributed by atoms with van der Waals surface area (Å²) in [6.07, 6.45) is 1.81. The first-order valence-electron chi connectivity index (χ1n) is 6.83. The molecule has 2 aromatic heterocycles. The maximum absolute atomic E-state index is 13.0. The van der Waals surface area contributed by atoms with Gasteiger partial charge in [-0.1, -0.05) is 11.3 Å². The largest absolute Gasteiger partial charge is 0.353 e. The number of anilines is 1. The monoisotopic (exact) mass is 317 g/mol. The maximum atomic E-state index is 13.0. The highest BCUT2D eigenvalue weighted by Gasteiger charge is 2.20. The lowest BCUT2D eigenvalue weighted by Gasteiger charge is -2.25. The summed E-state index contributed by atoms with van der Waals surface area (Å²) in [5, 5.41) is 8.05. The standard InChI is InChI=1S/C14H12FN5OS/c15-10-3-1-9(2-4-10)11-7-20-13(17-11)22-14(18-20)19-6-5-16-12(21)8-19/h1-4,7H,5-6,8H2,(H,16,21). The van der Waals surface area contributed by atoms with Crippen LogP contribution in [0.4, 0.5) is 9.52 Å². The summed E-state index contributed by atoms with van der Waals surface area (Å²) in [6, 6.07) is 6.21. The number of nitrogens with one attached hydrogen (secondary N) is 1. The van der Waals surface area contributed by atoms with Gasteiger partial charge < -0.3 is 10.2 Å². The topological polar surface area (TPSA) is 62.5 Å². The van der Waals surface area contributed by atoms with Crippen molar-refractivity contribution < 1.29 is 9.18 Å². The number of halogens is 1. The molecule has 4 rings (SSSR count). The van der Waals surface area contributed by atoms with E-state index in [1.54, 1.807) is 16.6 Å². The summed E-state index contributed by atoms with van der Waals surface area (Å²) in [4.78, 5) is 18.6. The number of hydrogen-bond acceptors (Lipinski definition) is 5. The molecule has 0 bridgehead atoms. The van der Waals surface area contributed by atoms with Crippen molar-refractivity contribution in [2.24, 2.45) is 0 Å². The quantitative estimate of drug-likeness (QED) is 0.779. The number of fused-ring (bicyclic) bond motifs is 1. The molecule has 1 amide bonds. The SMILES string of the molecule is O=C1CN(c2nn3cc(-c4ccc(F)cc4)nc3s2)CCN1. The van der Waals surface area contributed by atoms with Crippen LogP contribution in [0.1, 0.15) is 0 Å². The predicted octanol–water partition coefficient (Wildman–Crippen LogP) is 1.53. The van der Waals surface area contributed by atoms with Crippen LogP contribution in [0.25, 0.3) is 16.2 Å². The molecule has 0 aliphatic carbocycles. The van der Waals surface area contributed by atoms with Crippen LogP contribution in [0.3, 0.4) is 0 Å². The summed E-state index contributed by atoms with van der Waals surface area (Å²) < 4.78 is 14.7. The van der Waals surface area contributed by atoms with Crippen LogP contribution < -0.4 is 10.2 Å². The van der Waals surface area contributed by atoms with Crippen molar-refractivity contribution in [2.75, 3.05) is 24.5 Å². The van der Waals surface area contributed by atoms with Gasteiger partial charge in [0.2, 0.25) is 16.0 Å². The number of carbonyl (C=O) groups is 1. The van der Waals surface area contributed by atoms with E-state index < -0.39 is 0 Å². The molecular formula is C14H12FN5OS. The number of piperazine rings is 1. The average molecular weight is 317 g/mol. The van der Waals surface area contributed by atoms with Gasteiger partial charge in [0.25, 0.3) is 0 Å². The Kier molecular flexibility index (Phi) is 3.04. The van der Waals surface area contributed by atoms with Gasteiger partial charge >= 0.3 is 0 Å². The smallest absolute Gasteiger partial charge is 0.239 e. The molecule has 1 saturated heterocycles. The Hall–Kier alpha value is -2.48. The first-order chi connectivity index (χ1) is 10.7. The van der Waals surface area contributed by atoms with E-state index in [9.17, 15) is 9.18 Å². The number of imidazole rings is 1. The Morgan fingerprint density at radius 3 is 2.82 bits per heavy atom. The minimum Gasteiger partial charge on any atom is -0.353 e. The molecule has 3 heterocycles. The van der Waals surface area contributed by atoms with E-state index in [1.807, 2.05) is 11.1 Å². The first-order valence-corrected chi connectivity index (χ1v) is 7.64. The van der Waals surface area contributed by atoms with E-state index in [4.69, 9.17) is 0 Å². The molecule has 0 atom stereocenters. The van der Waals surface area contributed by atoms with E-state index in [-0.39, 0.29) is 11.7 Å². The van der Waals surface area contributed by atoms with Gasteiger partial charge in [-0.05, 0) is 24.3 Å². The van der Waals surface area contributed by atoms with Crippen LogP contribution >= 0.6 is 11.3 Å². The second-order valence-electron chi connectivity index (χ2n) is 5.02. The third-order valence-electron chi connectivity index (χ3n) is 3.48.